The van der Waals surface area contributed by atoms with Gasteiger partial charge in [-0.3, -0.25) is 9.59 Å². The van der Waals surface area contributed by atoms with E-state index in [0.29, 0.717) is 17.7 Å². The Kier molecular flexibility index (Phi) is 6.92. The number of rotatable bonds is 4. The molecule has 0 atom stereocenters. The molecule has 26 heavy (non-hydrogen) atoms. The molecule has 0 spiro atoms. The van der Waals surface area contributed by atoms with Crippen molar-refractivity contribution < 1.29 is 9.59 Å². The number of benzene rings is 1. The van der Waals surface area contributed by atoms with Gasteiger partial charge in [0.1, 0.15) is 0 Å². The number of nitrogens with one attached hydrogen (secondary N) is 1. The SMILES string of the molecule is CC(C)C(=O)N1CCC(C(=O)Nc2cccc(C3SCCCS3)c2)CC1. The van der Waals surface area contributed by atoms with Crippen LogP contribution in [0.2, 0.25) is 0 Å². The molecule has 2 saturated heterocycles. The van der Waals surface area contributed by atoms with Gasteiger partial charge in [-0.15, -0.1) is 23.5 Å². The first-order valence-corrected chi connectivity index (χ1v) is 11.6. The Morgan fingerprint density at radius 3 is 2.50 bits per heavy atom. The second-order valence-electron chi connectivity index (χ2n) is 7.30. The van der Waals surface area contributed by atoms with E-state index in [4.69, 9.17) is 0 Å². The second kappa shape index (κ2) is 9.18. The third-order valence-electron chi connectivity index (χ3n) is 4.92. The molecule has 0 saturated carbocycles. The van der Waals surface area contributed by atoms with Crippen LogP contribution >= 0.6 is 23.5 Å². The van der Waals surface area contributed by atoms with Gasteiger partial charge < -0.3 is 10.2 Å². The van der Waals surface area contributed by atoms with Crippen LogP contribution < -0.4 is 5.32 Å². The van der Waals surface area contributed by atoms with Crippen LogP contribution in [0.4, 0.5) is 5.69 Å². The van der Waals surface area contributed by atoms with Crippen molar-refractivity contribution in [1.29, 1.82) is 0 Å². The van der Waals surface area contributed by atoms with Crippen molar-refractivity contribution in [2.24, 2.45) is 11.8 Å². The number of likely N-dealkylation sites (tertiary alicyclic amines) is 1. The fourth-order valence-corrected chi connectivity index (χ4v) is 6.29. The smallest absolute Gasteiger partial charge is 0.227 e. The summed E-state index contributed by atoms with van der Waals surface area (Å²) in [6.45, 7) is 5.23. The Morgan fingerprint density at radius 2 is 1.85 bits per heavy atom. The minimum absolute atomic E-state index is 0.00620. The molecule has 3 rings (SSSR count). The molecule has 1 aromatic rings. The van der Waals surface area contributed by atoms with Crippen molar-refractivity contribution in [3.63, 3.8) is 0 Å². The summed E-state index contributed by atoms with van der Waals surface area (Å²) >= 11 is 3.98. The van der Waals surface area contributed by atoms with E-state index in [2.05, 4.69) is 17.4 Å². The van der Waals surface area contributed by atoms with Gasteiger partial charge in [0.25, 0.3) is 0 Å². The van der Waals surface area contributed by atoms with Crippen LogP contribution in [0.25, 0.3) is 0 Å². The molecule has 0 radical (unpaired) electrons. The fourth-order valence-electron chi connectivity index (χ4n) is 3.41. The third-order valence-corrected chi connectivity index (χ3v) is 7.94. The van der Waals surface area contributed by atoms with Crippen molar-refractivity contribution in [3.8, 4) is 0 Å². The number of nitrogens with zero attached hydrogens (tertiary/aromatic N) is 1. The maximum absolute atomic E-state index is 12.6. The Hall–Kier alpha value is -1.14. The van der Waals surface area contributed by atoms with Gasteiger partial charge in [-0.05, 0) is 48.5 Å². The normalized spacial score (nSPS) is 19.6. The lowest BCUT2D eigenvalue weighted by Crippen LogP contribution is -2.43. The second-order valence-corrected chi connectivity index (χ2v) is 10.0. The molecule has 2 aliphatic heterocycles. The molecule has 1 N–H and O–H groups in total. The Morgan fingerprint density at radius 1 is 1.15 bits per heavy atom. The number of carbonyl (C=O) groups is 2. The summed E-state index contributed by atoms with van der Waals surface area (Å²) in [7, 11) is 0. The lowest BCUT2D eigenvalue weighted by Gasteiger charge is -2.32. The molecule has 0 bridgehead atoms. The number of piperidine rings is 1. The van der Waals surface area contributed by atoms with E-state index >= 15 is 0 Å². The number of amides is 2. The highest BCUT2D eigenvalue weighted by molar-refractivity contribution is 8.16. The number of hydrogen-bond donors (Lipinski definition) is 1. The largest absolute Gasteiger partial charge is 0.342 e. The molecular formula is C20H28N2O2S2. The topological polar surface area (TPSA) is 49.4 Å². The Bertz CT molecular complexity index is 636. The predicted octanol–water partition coefficient (Wildman–Crippen LogP) is 4.39. The molecule has 2 amide bonds. The zero-order valence-electron chi connectivity index (χ0n) is 15.6. The standard InChI is InChI=1S/C20H28N2O2S2/c1-14(2)19(24)22-9-7-15(8-10-22)18(23)21-17-6-3-5-16(13-17)20-25-11-4-12-26-20/h3,5-6,13-15,20H,4,7-12H2,1-2H3,(H,21,23). The molecule has 142 valence electrons. The van der Waals surface area contributed by atoms with Gasteiger partial charge in [0.05, 0.1) is 4.58 Å². The summed E-state index contributed by atoms with van der Waals surface area (Å²) in [5, 5.41) is 3.10. The average Bonchev–Trinajstić information content (AvgIpc) is 2.68. The van der Waals surface area contributed by atoms with Crippen molar-refractivity contribution in [2.75, 3.05) is 29.9 Å². The first-order chi connectivity index (χ1) is 12.5. The van der Waals surface area contributed by atoms with Crippen LogP contribution in [-0.2, 0) is 9.59 Å². The highest BCUT2D eigenvalue weighted by Crippen LogP contribution is 2.44. The minimum atomic E-state index is -0.00620. The summed E-state index contributed by atoms with van der Waals surface area (Å²) in [5.74, 6) is 2.72. The van der Waals surface area contributed by atoms with Crippen LogP contribution in [0, 0.1) is 11.8 Å². The van der Waals surface area contributed by atoms with Gasteiger partial charge in [-0.25, -0.2) is 0 Å². The number of hydrogen-bond acceptors (Lipinski definition) is 4. The van der Waals surface area contributed by atoms with Crippen molar-refractivity contribution in [1.82, 2.24) is 4.90 Å². The van der Waals surface area contributed by atoms with Crippen molar-refractivity contribution >= 4 is 41.0 Å². The van der Waals surface area contributed by atoms with Crippen molar-refractivity contribution in [3.05, 3.63) is 29.8 Å². The van der Waals surface area contributed by atoms with E-state index in [9.17, 15) is 9.59 Å². The van der Waals surface area contributed by atoms with Crippen LogP contribution in [-0.4, -0.2) is 41.3 Å². The van der Waals surface area contributed by atoms with Gasteiger partial charge in [0.2, 0.25) is 11.8 Å². The number of thioether (sulfide) groups is 2. The first-order valence-electron chi connectivity index (χ1n) is 9.47. The lowest BCUT2D eigenvalue weighted by molar-refractivity contribution is -0.137. The number of anilines is 1. The van der Waals surface area contributed by atoms with Gasteiger partial charge >= 0.3 is 0 Å². The lowest BCUT2D eigenvalue weighted by atomic mass is 9.95. The predicted molar refractivity (Wildman–Crippen MR) is 111 cm³/mol. The average molecular weight is 393 g/mol. The number of carbonyl (C=O) groups excluding carboxylic acids is 2. The molecule has 4 nitrogen and oxygen atoms in total. The van der Waals surface area contributed by atoms with Gasteiger partial charge in [-0.2, -0.15) is 0 Å². The molecule has 2 heterocycles. The molecule has 2 aliphatic rings. The minimum Gasteiger partial charge on any atom is -0.342 e. The highest BCUT2D eigenvalue weighted by Gasteiger charge is 2.28. The molecule has 2 fully saturated rings. The summed E-state index contributed by atoms with van der Waals surface area (Å²) < 4.78 is 0.478. The maximum atomic E-state index is 12.6. The maximum Gasteiger partial charge on any atom is 0.227 e. The van der Waals surface area contributed by atoms with E-state index in [1.54, 1.807) is 0 Å². The van der Waals surface area contributed by atoms with Crippen LogP contribution in [0.5, 0.6) is 0 Å². The molecule has 1 aromatic carbocycles. The summed E-state index contributed by atoms with van der Waals surface area (Å²) in [6.07, 6.45) is 2.77. The molecule has 0 aromatic heterocycles. The Labute approximate surface area is 164 Å². The van der Waals surface area contributed by atoms with Gasteiger partial charge in [0.15, 0.2) is 0 Å². The molecular weight excluding hydrogens is 364 g/mol. The van der Waals surface area contributed by atoms with E-state index in [-0.39, 0.29) is 23.7 Å². The van der Waals surface area contributed by atoms with Crippen LogP contribution in [0.15, 0.2) is 24.3 Å². The van der Waals surface area contributed by atoms with E-state index in [1.165, 1.54) is 23.5 Å². The van der Waals surface area contributed by atoms with E-state index < -0.39 is 0 Å². The zero-order chi connectivity index (χ0) is 18.5. The fraction of sp³-hybridized carbons (Fsp3) is 0.600. The molecule has 0 unspecified atom stereocenters. The molecule has 0 aliphatic carbocycles. The van der Waals surface area contributed by atoms with E-state index in [1.807, 2.05) is 54.4 Å². The van der Waals surface area contributed by atoms with E-state index in [0.717, 1.165) is 18.5 Å². The highest BCUT2D eigenvalue weighted by atomic mass is 32.2. The van der Waals surface area contributed by atoms with Gasteiger partial charge in [0, 0.05) is 30.6 Å². The summed E-state index contributed by atoms with van der Waals surface area (Å²) in [6, 6.07) is 8.27. The van der Waals surface area contributed by atoms with Crippen LogP contribution in [0.3, 0.4) is 0 Å². The summed E-state index contributed by atoms with van der Waals surface area (Å²) in [5.41, 5.74) is 2.18. The quantitative estimate of drug-likeness (QED) is 0.826. The zero-order valence-corrected chi connectivity index (χ0v) is 17.2. The van der Waals surface area contributed by atoms with Crippen molar-refractivity contribution in [2.45, 2.75) is 37.7 Å². The van der Waals surface area contributed by atoms with Gasteiger partial charge in [-0.1, -0.05) is 26.0 Å². The third kappa shape index (κ3) is 4.97. The molecule has 6 heteroatoms. The van der Waals surface area contributed by atoms with Crippen LogP contribution in [0.1, 0.15) is 43.3 Å². The Balaban J connectivity index is 1.54. The summed E-state index contributed by atoms with van der Waals surface area (Å²) in [4.78, 5) is 26.6. The first kappa shape index (κ1) is 19.6. The monoisotopic (exact) mass is 392 g/mol.